The average Bonchev–Trinajstić information content (AvgIpc) is 2.84. The van der Waals surface area contributed by atoms with E-state index in [4.69, 9.17) is 9.47 Å². The summed E-state index contributed by atoms with van der Waals surface area (Å²) < 4.78 is 22.2. The number of hydrogen-bond acceptors (Lipinski definition) is 3. The zero-order valence-electron chi connectivity index (χ0n) is 6.03. The molecule has 2 fully saturated rings. The Morgan fingerprint density at radius 3 is 2.09 bits per heavy atom. The maximum Gasteiger partial charge on any atom is 0.148 e. The molecule has 0 saturated carbocycles. The Bertz CT molecular complexity index is 184. The van der Waals surface area contributed by atoms with Gasteiger partial charge in [0.05, 0.1) is 13.2 Å². The molecule has 0 spiro atoms. The van der Waals surface area contributed by atoms with E-state index >= 15 is 0 Å². The van der Waals surface area contributed by atoms with E-state index in [1.165, 1.54) is 0 Å². The van der Waals surface area contributed by atoms with Crippen molar-refractivity contribution in [2.75, 3.05) is 24.7 Å². The summed E-state index contributed by atoms with van der Waals surface area (Å²) in [6.45, 7) is 1.34. The first-order chi connectivity index (χ1) is 5.27. The number of ether oxygens (including phenoxy) is 2. The highest BCUT2D eigenvalue weighted by Crippen LogP contribution is 2.64. The van der Waals surface area contributed by atoms with Gasteiger partial charge < -0.3 is 14.0 Å². The Hall–Kier alpha value is 0.630. The molecule has 64 valence electrons. The molecule has 0 aromatic rings. The first-order valence-corrected chi connectivity index (χ1v) is 6.80. The van der Waals surface area contributed by atoms with Gasteiger partial charge in [-0.25, -0.2) is 0 Å². The molecular weight excluding hydrogens is 231 g/mol. The third-order valence-electron chi connectivity index (χ3n) is 2.04. The van der Waals surface area contributed by atoms with Crippen LogP contribution in [0.4, 0.5) is 0 Å². The molecule has 2 aliphatic heterocycles. The van der Waals surface area contributed by atoms with Crippen molar-refractivity contribution in [3.63, 3.8) is 0 Å². The smallest absolute Gasteiger partial charge is 0.148 e. The summed E-state index contributed by atoms with van der Waals surface area (Å²) in [7, 11) is -2.13. The Balaban J connectivity index is 2.04. The van der Waals surface area contributed by atoms with Crippen LogP contribution < -0.4 is 0 Å². The first kappa shape index (κ1) is 8.24. The van der Waals surface area contributed by atoms with Gasteiger partial charge in [-0.3, -0.25) is 0 Å². The Morgan fingerprint density at radius 2 is 1.82 bits per heavy atom. The lowest BCUT2D eigenvalue weighted by Gasteiger charge is -2.10. The average molecular weight is 241 g/mol. The molecule has 2 atom stereocenters. The van der Waals surface area contributed by atoms with Gasteiger partial charge in [0, 0.05) is 11.5 Å². The van der Waals surface area contributed by atoms with Crippen LogP contribution in [0.15, 0.2) is 0 Å². The zero-order chi connectivity index (χ0) is 7.90. The van der Waals surface area contributed by atoms with E-state index in [9.17, 15) is 4.57 Å². The van der Waals surface area contributed by atoms with Crippen LogP contribution in [0.2, 0.25) is 0 Å². The molecule has 2 rings (SSSR count). The lowest BCUT2D eigenvalue weighted by Crippen LogP contribution is -2.03. The summed E-state index contributed by atoms with van der Waals surface area (Å²) in [5.74, 6) is 0.0418. The van der Waals surface area contributed by atoms with Crippen molar-refractivity contribution in [1.29, 1.82) is 0 Å². The Morgan fingerprint density at radius 1 is 1.36 bits per heavy atom. The maximum atomic E-state index is 12.1. The summed E-state index contributed by atoms with van der Waals surface area (Å²) in [5, 5.41) is 0.782. The van der Waals surface area contributed by atoms with Crippen molar-refractivity contribution in [3.05, 3.63) is 0 Å². The highest BCUT2D eigenvalue weighted by atomic mass is 79.9. The van der Waals surface area contributed by atoms with Crippen molar-refractivity contribution < 1.29 is 14.0 Å². The molecule has 11 heavy (non-hydrogen) atoms. The van der Waals surface area contributed by atoms with Gasteiger partial charge in [0.25, 0.3) is 0 Å². The summed E-state index contributed by atoms with van der Waals surface area (Å²) in [6, 6.07) is 0. The highest BCUT2D eigenvalue weighted by molar-refractivity contribution is 9.09. The second-order valence-electron chi connectivity index (χ2n) is 2.84. The van der Waals surface area contributed by atoms with E-state index in [1.54, 1.807) is 0 Å². The molecule has 2 saturated heterocycles. The third-order valence-corrected chi connectivity index (χ3v) is 6.52. The molecule has 2 heterocycles. The SMILES string of the molecule is O=P(CCBr)(C1CO1)C1CO1. The molecule has 3 nitrogen and oxygen atoms in total. The van der Waals surface area contributed by atoms with Gasteiger partial charge in [-0.05, 0) is 0 Å². The van der Waals surface area contributed by atoms with Crippen LogP contribution in [0, 0.1) is 0 Å². The van der Waals surface area contributed by atoms with Crippen molar-refractivity contribution in [2.45, 2.75) is 11.7 Å². The molecule has 0 aromatic heterocycles. The van der Waals surface area contributed by atoms with E-state index in [-0.39, 0.29) is 11.7 Å². The fourth-order valence-corrected chi connectivity index (χ4v) is 5.25. The Kier molecular flexibility index (Phi) is 2.13. The summed E-state index contributed by atoms with van der Waals surface area (Å²) >= 11 is 3.29. The topological polar surface area (TPSA) is 42.1 Å². The van der Waals surface area contributed by atoms with Gasteiger partial charge in [0.15, 0.2) is 0 Å². The number of rotatable bonds is 4. The van der Waals surface area contributed by atoms with Crippen LogP contribution in [0.3, 0.4) is 0 Å². The standard InChI is InChI=1S/C6H10BrO3P/c7-1-2-11(8,5-3-9-5)6-4-10-6/h5-6H,1-4H2. The summed E-state index contributed by atoms with van der Waals surface area (Å²) in [5.41, 5.74) is 0. The van der Waals surface area contributed by atoms with Gasteiger partial charge >= 0.3 is 0 Å². The van der Waals surface area contributed by atoms with Crippen LogP contribution in [0.5, 0.6) is 0 Å². The lowest BCUT2D eigenvalue weighted by atomic mass is 10.9. The molecule has 0 aliphatic carbocycles. The van der Waals surface area contributed by atoms with Crippen LogP contribution in [-0.2, 0) is 14.0 Å². The van der Waals surface area contributed by atoms with E-state index < -0.39 is 7.14 Å². The lowest BCUT2D eigenvalue weighted by molar-refractivity contribution is 0.422. The van der Waals surface area contributed by atoms with Crippen molar-refractivity contribution in [3.8, 4) is 0 Å². The summed E-state index contributed by atoms with van der Waals surface area (Å²) in [6.07, 6.45) is 0.711. The second-order valence-corrected chi connectivity index (χ2v) is 6.94. The molecule has 0 amide bonds. The number of hydrogen-bond donors (Lipinski definition) is 0. The molecule has 2 unspecified atom stereocenters. The van der Waals surface area contributed by atoms with E-state index in [0.717, 1.165) is 5.33 Å². The quantitative estimate of drug-likeness (QED) is 0.425. The largest absolute Gasteiger partial charge is 0.365 e. The van der Waals surface area contributed by atoms with Gasteiger partial charge in [-0.2, -0.15) is 0 Å². The van der Waals surface area contributed by atoms with Crippen molar-refractivity contribution in [2.24, 2.45) is 0 Å². The fourth-order valence-electron chi connectivity index (χ4n) is 1.20. The monoisotopic (exact) mass is 240 g/mol. The van der Waals surface area contributed by atoms with Gasteiger partial charge in [0.2, 0.25) is 0 Å². The van der Waals surface area contributed by atoms with Gasteiger partial charge in [0.1, 0.15) is 18.8 Å². The van der Waals surface area contributed by atoms with Crippen molar-refractivity contribution >= 4 is 23.1 Å². The Labute approximate surface area is 73.9 Å². The van der Waals surface area contributed by atoms with E-state index in [0.29, 0.717) is 19.4 Å². The number of halogens is 1. The minimum absolute atomic E-state index is 0.0209. The van der Waals surface area contributed by atoms with Crippen LogP contribution in [-0.4, -0.2) is 36.4 Å². The molecule has 0 N–H and O–H groups in total. The maximum absolute atomic E-state index is 12.1. The number of epoxide rings is 2. The molecule has 0 radical (unpaired) electrons. The minimum atomic E-state index is -2.13. The number of alkyl halides is 1. The van der Waals surface area contributed by atoms with Gasteiger partial charge in [-0.1, -0.05) is 15.9 Å². The zero-order valence-corrected chi connectivity index (χ0v) is 8.51. The normalized spacial score (nSPS) is 39.7. The van der Waals surface area contributed by atoms with Crippen LogP contribution in [0.1, 0.15) is 0 Å². The van der Waals surface area contributed by atoms with Gasteiger partial charge in [-0.15, -0.1) is 0 Å². The molecule has 5 heteroatoms. The second kappa shape index (κ2) is 2.84. The van der Waals surface area contributed by atoms with E-state index in [2.05, 4.69) is 15.9 Å². The van der Waals surface area contributed by atoms with Crippen LogP contribution in [0.25, 0.3) is 0 Å². The summed E-state index contributed by atoms with van der Waals surface area (Å²) in [4.78, 5) is 0. The van der Waals surface area contributed by atoms with Crippen LogP contribution >= 0.6 is 23.1 Å². The minimum Gasteiger partial charge on any atom is -0.365 e. The fraction of sp³-hybridized carbons (Fsp3) is 1.00. The highest BCUT2D eigenvalue weighted by Gasteiger charge is 2.53. The van der Waals surface area contributed by atoms with E-state index in [1.807, 2.05) is 0 Å². The molecule has 0 bridgehead atoms. The molecule has 2 aliphatic rings. The predicted molar refractivity (Wildman–Crippen MR) is 45.7 cm³/mol. The third kappa shape index (κ3) is 1.55. The predicted octanol–water partition coefficient (Wildman–Crippen LogP) is 1.46. The first-order valence-electron chi connectivity index (χ1n) is 3.65. The molecular formula is C6H10BrO3P. The van der Waals surface area contributed by atoms with Crippen molar-refractivity contribution in [1.82, 2.24) is 0 Å². The molecule has 0 aromatic carbocycles.